The van der Waals surface area contributed by atoms with E-state index in [0.29, 0.717) is 0 Å². The smallest absolute Gasteiger partial charge is 0.161 e. The predicted octanol–water partition coefficient (Wildman–Crippen LogP) is 14.3. The molecule has 1 aromatic carbocycles. The van der Waals surface area contributed by atoms with E-state index in [2.05, 4.69) is 61.7 Å². The Labute approximate surface area is 318 Å². The van der Waals surface area contributed by atoms with Crippen LogP contribution >= 0.6 is 0 Å². The maximum Gasteiger partial charge on any atom is 0.161 e. The second-order valence-corrected chi connectivity index (χ2v) is 15.0. The van der Waals surface area contributed by atoms with Crippen molar-refractivity contribution < 1.29 is 9.47 Å². The first-order valence-electron chi connectivity index (χ1n) is 22.4. The molecular formula is C47H86N2O2. The Bertz CT molecular complexity index is 898. The summed E-state index contributed by atoms with van der Waals surface area (Å²) in [6, 6.07) is 6.49. The van der Waals surface area contributed by atoms with Crippen LogP contribution in [0.3, 0.4) is 0 Å². The van der Waals surface area contributed by atoms with Gasteiger partial charge in [0.1, 0.15) is 0 Å². The molecule has 0 aliphatic heterocycles. The van der Waals surface area contributed by atoms with E-state index < -0.39 is 0 Å². The summed E-state index contributed by atoms with van der Waals surface area (Å²) in [4.78, 5) is 0. The highest BCUT2D eigenvalue weighted by Crippen LogP contribution is 2.29. The molecule has 0 heterocycles. The van der Waals surface area contributed by atoms with E-state index in [0.717, 1.165) is 70.0 Å². The Hall–Kier alpha value is -1.78. The highest BCUT2D eigenvalue weighted by molar-refractivity contribution is 5.43. The highest BCUT2D eigenvalue weighted by Gasteiger charge is 2.08. The van der Waals surface area contributed by atoms with Crippen molar-refractivity contribution in [3.05, 3.63) is 48.1 Å². The minimum absolute atomic E-state index is 0.763. The molecule has 0 saturated heterocycles. The monoisotopic (exact) mass is 711 g/mol. The van der Waals surface area contributed by atoms with Gasteiger partial charge >= 0.3 is 0 Å². The summed E-state index contributed by atoms with van der Waals surface area (Å²) in [5, 5.41) is 3.55. The standard InChI is InChI=1S/C47H86N2O2/c1-3-5-7-9-11-13-15-17-19-21-23-25-27-29-31-35-41-50-46-38-37-45(44-49-40-34-33-39-48)43-47(46)51-42-36-32-30-28-26-24-22-20-18-16-14-12-10-8-6-4-2/h17-20,37-38,43,49H,3-16,21-36,39-42,44,48H2,1-2H3. The molecule has 0 fully saturated rings. The predicted molar refractivity (Wildman–Crippen MR) is 226 cm³/mol. The van der Waals surface area contributed by atoms with Crippen LogP contribution in [0.5, 0.6) is 11.5 Å². The van der Waals surface area contributed by atoms with Crippen LogP contribution in [-0.4, -0.2) is 26.3 Å². The van der Waals surface area contributed by atoms with Gasteiger partial charge in [-0.25, -0.2) is 0 Å². The number of hydrogen-bond acceptors (Lipinski definition) is 4. The molecule has 0 spiro atoms. The van der Waals surface area contributed by atoms with Crippen LogP contribution in [0, 0.1) is 0 Å². The van der Waals surface area contributed by atoms with Crippen molar-refractivity contribution in [2.24, 2.45) is 5.73 Å². The molecule has 51 heavy (non-hydrogen) atoms. The average molecular weight is 711 g/mol. The third kappa shape index (κ3) is 32.6. The number of nitrogens with one attached hydrogen (secondary N) is 1. The molecular weight excluding hydrogens is 625 g/mol. The van der Waals surface area contributed by atoms with Crippen molar-refractivity contribution in [3.63, 3.8) is 0 Å². The second kappa shape index (κ2) is 39.4. The SMILES string of the molecule is CCCCCCCCC=CCCCCCCCCOc1ccc(CNCCCCN)cc1OCCCCCCCCC=CCCCCCCCC. The molecule has 0 amide bonds. The zero-order valence-corrected chi connectivity index (χ0v) is 34.2. The molecule has 0 aliphatic rings. The molecule has 0 atom stereocenters. The van der Waals surface area contributed by atoms with Gasteiger partial charge in [0.25, 0.3) is 0 Å². The first kappa shape index (κ1) is 47.2. The lowest BCUT2D eigenvalue weighted by Crippen LogP contribution is -2.16. The minimum Gasteiger partial charge on any atom is -0.490 e. The van der Waals surface area contributed by atoms with E-state index in [4.69, 9.17) is 15.2 Å². The molecule has 1 aromatic rings. The molecule has 0 aliphatic carbocycles. The third-order valence-electron chi connectivity index (χ3n) is 9.97. The van der Waals surface area contributed by atoms with Gasteiger partial charge in [0, 0.05) is 6.54 Å². The summed E-state index contributed by atoms with van der Waals surface area (Å²) in [7, 11) is 0. The molecule has 3 N–H and O–H groups in total. The molecule has 0 bridgehead atoms. The van der Waals surface area contributed by atoms with E-state index >= 15 is 0 Å². The zero-order valence-electron chi connectivity index (χ0n) is 34.2. The normalized spacial score (nSPS) is 11.7. The number of benzene rings is 1. The fourth-order valence-electron chi connectivity index (χ4n) is 6.58. The van der Waals surface area contributed by atoms with Gasteiger partial charge in [-0.2, -0.15) is 0 Å². The summed E-state index contributed by atoms with van der Waals surface area (Å²) >= 11 is 0. The topological polar surface area (TPSA) is 56.5 Å². The van der Waals surface area contributed by atoms with E-state index in [1.165, 1.54) is 173 Å². The van der Waals surface area contributed by atoms with Gasteiger partial charge < -0.3 is 20.5 Å². The highest BCUT2D eigenvalue weighted by atomic mass is 16.5. The van der Waals surface area contributed by atoms with Crippen molar-refractivity contribution in [1.82, 2.24) is 5.32 Å². The van der Waals surface area contributed by atoms with Crippen LogP contribution in [-0.2, 0) is 6.54 Å². The molecule has 4 nitrogen and oxygen atoms in total. The van der Waals surface area contributed by atoms with E-state index in [1.807, 2.05) is 0 Å². The Morgan fingerprint density at radius 3 is 1.33 bits per heavy atom. The number of unbranched alkanes of at least 4 members (excludes halogenated alkanes) is 25. The largest absolute Gasteiger partial charge is 0.490 e. The van der Waals surface area contributed by atoms with Crippen LogP contribution < -0.4 is 20.5 Å². The number of nitrogens with two attached hydrogens (primary N) is 1. The van der Waals surface area contributed by atoms with E-state index in [-0.39, 0.29) is 0 Å². The number of ether oxygens (including phenoxy) is 2. The third-order valence-corrected chi connectivity index (χ3v) is 9.97. The second-order valence-electron chi connectivity index (χ2n) is 15.0. The maximum atomic E-state index is 6.34. The molecule has 1 rings (SSSR count). The van der Waals surface area contributed by atoms with Crippen molar-refractivity contribution >= 4 is 0 Å². The van der Waals surface area contributed by atoms with Crippen LogP contribution in [0.25, 0.3) is 0 Å². The molecule has 0 unspecified atom stereocenters. The van der Waals surface area contributed by atoms with Gasteiger partial charge in [0.15, 0.2) is 11.5 Å². The van der Waals surface area contributed by atoms with Crippen LogP contribution in [0.15, 0.2) is 42.5 Å². The fraction of sp³-hybridized carbons (Fsp3) is 0.787. The lowest BCUT2D eigenvalue weighted by Gasteiger charge is -2.15. The van der Waals surface area contributed by atoms with Gasteiger partial charge in [-0.3, -0.25) is 0 Å². The Kier molecular flexibility index (Phi) is 36.5. The number of allylic oxidation sites excluding steroid dienone is 4. The summed E-state index contributed by atoms with van der Waals surface area (Å²) in [5.41, 5.74) is 6.91. The van der Waals surface area contributed by atoms with Crippen molar-refractivity contribution in [2.75, 3.05) is 26.3 Å². The fourth-order valence-corrected chi connectivity index (χ4v) is 6.58. The first-order valence-corrected chi connectivity index (χ1v) is 22.4. The van der Waals surface area contributed by atoms with Crippen LogP contribution in [0.1, 0.15) is 212 Å². The van der Waals surface area contributed by atoms with Crippen molar-refractivity contribution in [1.29, 1.82) is 0 Å². The summed E-state index contributed by atoms with van der Waals surface area (Å²) in [5.74, 6) is 1.81. The lowest BCUT2D eigenvalue weighted by molar-refractivity contribution is 0.258. The van der Waals surface area contributed by atoms with E-state index in [9.17, 15) is 0 Å². The van der Waals surface area contributed by atoms with Crippen molar-refractivity contribution in [2.45, 2.75) is 213 Å². The van der Waals surface area contributed by atoms with Crippen LogP contribution in [0.2, 0.25) is 0 Å². The quantitative estimate of drug-likeness (QED) is 0.0526. The van der Waals surface area contributed by atoms with E-state index in [1.54, 1.807) is 0 Å². The zero-order chi connectivity index (χ0) is 36.6. The lowest BCUT2D eigenvalue weighted by atomic mass is 10.1. The summed E-state index contributed by atoms with van der Waals surface area (Å²) in [6.07, 6.45) is 48.9. The molecule has 296 valence electrons. The van der Waals surface area contributed by atoms with Gasteiger partial charge in [-0.05, 0) is 108 Å². The summed E-state index contributed by atoms with van der Waals surface area (Å²) in [6.45, 7) is 8.72. The number of rotatable bonds is 40. The Morgan fingerprint density at radius 1 is 0.471 bits per heavy atom. The molecule has 0 saturated carbocycles. The minimum atomic E-state index is 0.763. The first-order chi connectivity index (χ1) is 25.3. The van der Waals surface area contributed by atoms with Gasteiger partial charge in [-0.1, -0.05) is 160 Å². The average Bonchev–Trinajstić information content (AvgIpc) is 3.14. The Morgan fingerprint density at radius 2 is 0.882 bits per heavy atom. The maximum absolute atomic E-state index is 6.34. The molecule has 0 aromatic heterocycles. The molecule has 4 heteroatoms. The molecule has 0 radical (unpaired) electrons. The van der Waals surface area contributed by atoms with Crippen molar-refractivity contribution in [3.8, 4) is 11.5 Å². The van der Waals surface area contributed by atoms with Gasteiger partial charge in [-0.15, -0.1) is 0 Å². The Balaban J connectivity index is 2.21. The van der Waals surface area contributed by atoms with Gasteiger partial charge in [0.2, 0.25) is 0 Å². The van der Waals surface area contributed by atoms with Gasteiger partial charge in [0.05, 0.1) is 13.2 Å². The number of hydrogen-bond donors (Lipinski definition) is 2. The summed E-state index contributed by atoms with van der Waals surface area (Å²) < 4.78 is 12.6. The van der Waals surface area contributed by atoms with Crippen LogP contribution in [0.4, 0.5) is 0 Å².